The maximum absolute atomic E-state index is 13.0. The summed E-state index contributed by atoms with van der Waals surface area (Å²) in [5.74, 6) is 0.0387. The molecule has 0 aromatic heterocycles. The van der Waals surface area contributed by atoms with Crippen LogP contribution in [0, 0.1) is 0 Å². The zero-order chi connectivity index (χ0) is 22.6. The molecule has 2 aromatic rings. The molecule has 2 heterocycles. The zero-order valence-electron chi connectivity index (χ0n) is 17.9. The Balaban J connectivity index is 1.36. The van der Waals surface area contributed by atoms with Crippen LogP contribution in [0.15, 0.2) is 60.0 Å². The van der Waals surface area contributed by atoms with Crippen molar-refractivity contribution in [3.63, 3.8) is 0 Å². The van der Waals surface area contributed by atoms with Gasteiger partial charge in [-0.15, -0.1) is 0 Å². The van der Waals surface area contributed by atoms with Gasteiger partial charge in [0, 0.05) is 56.7 Å². The van der Waals surface area contributed by atoms with Crippen molar-refractivity contribution in [2.24, 2.45) is 0 Å². The lowest BCUT2D eigenvalue weighted by atomic mass is 10.1. The highest BCUT2D eigenvalue weighted by Crippen LogP contribution is 2.18. The van der Waals surface area contributed by atoms with E-state index in [0.29, 0.717) is 31.6 Å². The van der Waals surface area contributed by atoms with Crippen molar-refractivity contribution < 1.29 is 18.0 Å². The first-order valence-corrected chi connectivity index (χ1v) is 12.3. The summed E-state index contributed by atoms with van der Waals surface area (Å²) in [6.07, 6.45) is 3.06. The summed E-state index contributed by atoms with van der Waals surface area (Å²) in [6, 6.07) is 16.6. The molecule has 32 heavy (non-hydrogen) atoms. The molecule has 7 nitrogen and oxygen atoms in total. The molecule has 2 saturated heterocycles. The predicted octanol–water partition coefficient (Wildman–Crippen LogP) is 2.57. The second-order valence-corrected chi connectivity index (χ2v) is 9.89. The van der Waals surface area contributed by atoms with Gasteiger partial charge in [-0.1, -0.05) is 42.5 Å². The van der Waals surface area contributed by atoms with Gasteiger partial charge < -0.3 is 9.80 Å². The van der Waals surface area contributed by atoms with Gasteiger partial charge in [0.15, 0.2) is 0 Å². The minimum Gasteiger partial charge on any atom is -0.338 e. The maximum Gasteiger partial charge on any atom is 0.253 e. The van der Waals surface area contributed by atoms with E-state index >= 15 is 0 Å². The molecule has 0 bridgehead atoms. The Hall–Kier alpha value is -2.97. The van der Waals surface area contributed by atoms with Crippen molar-refractivity contribution in [3.05, 3.63) is 76.7 Å². The molecule has 0 aliphatic carbocycles. The number of likely N-dealkylation sites (tertiary alicyclic amines) is 1. The average Bonchev–Trinajstić information content (AvgIpc) is 3.22. The highest BCUT2D eigenvalue weighted by Gasteiger charge is 2.28. The minimum atomic E-state index is -3.54. The summed E-state index contributed by atoms with van der Waals surface area (Å²) < 4.78 is 26.7. The Labute approximate surface area is 189 Å². The summed E-state index contributed by atoms with van der Waals surface area (Å²) in [5.41, 5.74) is 2.31. The van der Waals surface area contributed by atoms with Crippen LogP contribution in [0.4, 0.5) is 0 Å². The number of benzene rings is 2. The van der Waals surface area contributed by atoms with E-state index in [0.717, 1.165) is 24.1 Å². The Kier molecular flexibility index (Phi) is 6.72. The number of amides is 2. The van der Waals surface area contributed by atoms with Crippen molar-refractivity contribution in [1.82, 2.24) is 14.1 Å². The quantitative estimate of drug-likeness (QED) is 0.674. The normalized spacial score (nSPS) is 17.9. The molecule has 0 spiro atoms. The third-order valence-corrected chi connectivity index (χ3v) is 7.40. The fourth-order valence-corrected chi connectivity index (χ4v) is 5.21. The van der Waals surface area contributed by atoms with Gasteiger partial charge >= 0.3 is 0 Å². The molecule has 2 aliphatic heterocycles. The van der Waals surface area contributed by atoms with E-state index in [1.807, 2.05) is 53.4 Å². The number of sulfonamides is 1. The van der Waals surface area contributed by atoms with Crippen molar-refractivity contribution in [2.45, 2.75) is 19.4 Å². The topological polar surface area (TPSA) is 78.0 Å². The van der Waals surface area contributed by atoms with E-state index in [2.05, 4.69) is 0 Å². The number of hydrogen-bond acceptors (Lipinski definition) is 4. The number of piperazine rings is 1. The SMILES string of the molecule is O=C1CCCN1Cc1cccc(C(=O)N2CCN(S(=O)(=O)/C=C/c3ccccc3)CC2)c1. The van der Waals surface area contributed by atoms with Gasteiger partial charge in [-0.2, -0.15) is 4.31 Å². The summed E-state index contributed by atoms with van der Waals surface area (Å²) in [7, 11) is -3.54. The van der Waals surface area contributed by atoms with Gasteiger partial charge in [0.25, 0.3) is 5.91 Å². The molecule has 0 atom stereocenters. The zero-order valence-corrected chi connectivity index (χ0v) is 18.7. The van der Waals surface area contributed by atoms with Gasteiger partial charge in [0.2, 0.25) is 15.9 Å². The van der Waals surface area contributed by atoms with Crippen LogP contribution in [0.25, 0.3) is 6.08 Å². The third kappa shape index (κ3) is 5.26. The molecular weight excluding hydrogens is 426 g/mol. The van der Waals surface area contributed by atoms with E-state index in [9.17, 15) is 18.0 Å². The summed E-state index contributed by atoms with van der Waals surface area (Å²) in [6.45, 7) is 2.47. The maximum atomic E-state index is 13.0. The Morgan fingerprint density at radius 1 is 0.938 bits per heavy atom. The first-order valence-electron chi connectivity index (χ1n) is 10.8. The second kappa shape index (κ2) is 9.67. The van der Waals surface area contributed by atoms with Crippen LogP contribution in [0.5, 0.6) is 0 Å². The third-order valence-electron chi connectivity index (χ3n) is 5.84. The van der Waals surface area contributed by atoms with Crippen molar-refractivity contribution >= 4 is 27.9 Å². The molecule has 2 fully saturated rings. The highest BCUT2D eigenvalue weighted by atomic mass is 32.2. The molecule has 8 heteroatoms. The molecule has 0 radical (unpaired) electrons. The second-order valence-electron chi connectivity index (χ2n) is 8.07. The van der Waals surface area contributed by atoms with E-state index in [1.165, 1.54) is 9.71 Å². The molecule has 2 aromatic carbocycles. The molecular formula is C24H27N3O4S. The van der Waals surface area contributed by atoms with E-state index < -0.39 is 10.0 Å². The Bertz CT molecular complexity index is 1110. The number of rotatable bonds is 6. The lowest BCUT2D eigenvalue weighted by Crippen LogP contribution is -2.50. The lowest BCUT2D eigenvalue weighted by Gasteiger charge is -2.33. The fraction of sp³-hybridized carbons (Fsp3) is 0.333. The number of nitrogens with zero attached hydrogens (tertiary/aromatic N) is 3. The van der Waals surface area contributed by atoms with E-state index in [1.54, 1.807) is 17.0 Å². The lowest BCUT2D eigenvalue weighted by molar-refractivity contribution is -0.128. The number of carbonyl (C=O) groups excluding carboxylic acids is 2. The molecule has 2 aliphatic rings. The monoisotopic (exact) mass is 453 g/mol. The highest BCUT2D eigenvalue weighted by molar-refractivity contribution is 7.92. The van der Waals surface area contributed by atoms with Gasteiger partial charge in [0.1, 0.15) is 0 Å². The molecule has 0 unspecified atom stereocenters. The first kappa shape index (κ1) is 22.2. The van der Waals surface area contributed by atoms with Crippen LogP contribution in [0.1, 0.15) is 34.3 Å². The number of hydrogen-bond donors (Lipinski definition) is 0. The molecule has 2 amide bonds. The summed E-state index contributed by atoms with van der Waals surface area (Å²) in [4.78, 5) is 28.4. The van der Waals surface area contributed by atoms with E-state index in [-0.39, 0.29) is 24.9 Å². The average molecular weight is 454 g/mol. The van der Waals surface area contributed by atoms with Gasteiger partial charge in [0.05, 0.1) is 0 Å². The summed E-state index contributed by atoms with van der Waals surface area (Å²) in [5, 5.41) is 1.23. The van der Waals surface area contributed by atoms with E-state index in [4.69, 9.17) is 0 Å². The van der Waals surface area contributed by atoms with Crippen molar-refractivity contribution in [1.29, 1.82) is 0 Å². The first-order chi connectivity index (χ1) is 15.4. The van der Waals surface area contributed by atoms with Crippen molar-refractivity contribution in [3.8, 4) is 0 Å². The van der Waals surface area contributed by atoms with Crippen LogP contribution in [0.2, 0.25) is 0 Å². The molecule has 0 N–H and O–H groups in total. The minimum absolute atomic E-state index is 0.114. The van der Waals surface area contributed by atoms with Crippen LogP contribution >= 0.6 is 0 Å². The van der Waals surface area contributed by atoms with Gasteiger partial charge in [-0.25, -0.2) is 8.42 Å². The molecule has 0 saturated carbocycles. The Morgan fingerprint density at radius 2 is 1.69 bits per heavy atom. The largest absolute Gasteiger partial charge is 0.338 e. The van der Waals surface area contributed by atoms with Crippen LogP contribution in [-0.2, 0) is 21.4 Å². The number of carbonyl (C=O) groups is 2. The summed E-state index contributed by atoms with van der Waals surface area (Å²) >= 11 is 0. The smallest absolute Gasteiger partial charge is 0.253 e. The predicted molar refractivity (Wildman–Crippen MR) is 123 cm³/mol. The Morgan fingerprint density at radius 3 is 2.38 bits per heavy atom. The molecule has 168 valence electrons. The van der Waals surface area contributed by atoms with Crippen LogP contribution in [-0.4, -0.2) is 67.1 Å². The van der Waals surface area contributed by atoms with Crippen molar-refractivity contribution in [2.75, 3.05) is 32.7 Å². The van der Waals surface area contributed by atoms with Gasteiger partial charge in [-0.3, -0.25) is 9.59 Å². The van der Waals surface area contributed by atoms with Crippen LogP contribution in [0.3, 0.4) is 0 Å². The standard InChI is InChI=1S/C24H27N3O4S/c28-23-10-5-12-26(23)19-21-8-4-9-22(18-21)24(29)25-13-15-27(16-14-25)32(30,31)17-11-20-6-2-1-3-7-20/h1-4,6-9,11,17-18H,5,10,12-16,19H2/b17-11+. The van der Waals surface area contributed by atoms with Crippen LogP contribution < -0.4 is 0 Å². The molecule has 4 rings (SSSR count). The van der Waals surface area contributed by atoms with Gasteiger partial charge in [-0.05, 0) is 35.8 Å². The fourth-order valence-electron chi connectivity index (χ4n) is 4.04.